The third kappa shape index (κ3) is 1.53. The van der Waals surface area contributed by atoms with E-state index in [1.54, 1.807) is 12.3 Å². The van der Waals surface area contributed by atoms with Crippen LogP contribution in [0.3, 0.4) is 0 Å². The number of rotatable bonds is 3. The minimum Gasteiger partial charge on any atom is -0.481 e. The monoisotopic (exact) mass is 222 g/mol. The van der Waals surface area contributed by atoms with E-state index in [9.17, 15) is 9.90 Å². The lowest BCUT2D eigenvalue weighted by Gasteiger charge is -2.32. The summed E-state index contributed by atoms with van der Waals surface area (Å²) in [7, 11) is 0. The van der Waals surface area contributed by atoms with Gasteiger partial charge in [-0.1, -0.05) is 6.58 Å². The standard InChI is InChI=1S/C11H14N2O3/c1-2-13-9(3-6-12-13)11(10(14)15)4-7-16-8-5-11/h2-3,6H,1,4-5,7-8H2,(H,14,15). The Morgan fingerprint density at radius 2 is 2.31 bits per heavy atom. The molecule has 1 aliphatic rings. The van der Waals surface area contributed by atoms with Crippen molar-refractivity contribution < 1.29 is 14.6 Å². The third-order valence-corrected chi connectivity index (χ3v) is 3.09. The number of nitrogens with zero attached hydrogens (tertiary/aromatic N) is 2. The number of aromatic nitrogens is 2. The summed E-state index contributed by atoms with van der Waals surface area (Å²) in [6.07, 6.45) is 4.07. The van der Waals surface area contributed by atoms with Gasteiger partial charge in [-0.15, -0.1) is 0 Å². The summed E-state index contributed by atoms with van der Waals surface area (Å²) in [6, 6.07) is 1.74. The van der Waals surface area contributed by atoms with E-state index >= 15 is 0 Å². The molecule has 2 heterocycles. The van der Waals surface area contributed by atoms with Gasteiger partial charge < -0.3 is 9.84 Å². The molecule has 0 unspecified atom stereocenters. The quantitative estimate of drug-likeness (QED) is 0.832. The maximum absolute atomic E-state index is 11.5. The molecule has 0 radical (unpaired) electrons. The van der Waals surface area contributed by atoms with Gasteiger partial charge in [-0.05, 0) is 18.9 Å². The summed E-state index contributed by atoms with van der Waals surface area (Å²) >= 11 is 0. The first-order valence-corrected chi connectivity index (χ1v) is 5.18. The number of carboxylic acid groups (broad SMARTS) is 1. The third-order valence-electron chi connectivity index (χ3n) is 3.09. The SMILES string of the molecule is C=Cn1nccc1C1(C(=O)O)CCOCC1. The zero-order valence-electron chi connectivity index (χ0n) is 8.93. The lowest BCUT2D eigenvalue weighted by Crippen LogP contribution is -2.42. The Labute approximate surface area is 93.3 Å². The van der Waals surface area contributed by atoms with Crippen molar-refractivity contribution in [3.63, 3.8) is 0 Å². The Hall–Kier alpha value is -1.62. The molecule has 0 atom stereocenters. The summed E-state index contributed by atoms with van der Waals surface area (Å²) in [5, 5.41) is 13.5. The molecule has 1 aliphatic heterocycles. The average molecular weight is 222 g/mol. The van der Waals surface area contributed by atoms with Gasteiger partial charge in [0, 0.05) is 25.6 Å². The van der Waals surface area contributed by atoms with Crippen LogP contribution in [0.5, 0.6) is 0 Å². The molecule has 2 rings (SSSR count). The van der Waals surface area contributed by atoms with Gasteiger partial charge in [0.2, 0.25) is 0 Å². The van der Waals surface area contributed by atoms with E-state index in [1.807, 2.05) is 0 Å². The van der Waals surface area contributed by atoms with Gasteiger partial charge in [0.25, 0.3) is 0 Å². The maximum atomic E-state index is 11.5. The molecule has 0 saturated carbocycles. The van der Waals surface area contributed by atoms with E-state index in [-0.39, 0.29) is 0 Å². The van der Waals surface area contributed by atoms with Gasteiger partial charge in [-0.2, -0.15) is 5.10 Å². The zero-order valence-corrected chi connectivity index (χ0v) is 8.93. The van der Waals surface area contributed by atoms with Crippen LogP contribution in [0.4, 0.5) is 0 Å². The highest BCUT2D eigenvalue weighted by atomic mass is 16.5. The maximum Gasteiger partial charge on any atom is 0.315 e. The van der Waals surface area contributed by atoms with Gasteiger partial charge in [-0.3, -0.25) is 4.79 Å². The van der Waals surface area contributed by atoms with Crippen LogP contribution in [0.25, 0.3) is 6.20 Å². The molecular weight excluding hydrogens is 208 g/mol. The number of carbonyl (C=O) groups is 1. The van der Waals surface area contributed by atoms with Crippen LogP contribution in [0.1, 0.15) is 18.5 Å². The van der Waals surface area contributed by atoms with Gasteiger partial charge in [-0.25, -0.2) is 4.68 Å². The fraction of sp³-hybridized carbons (Fsp3) is 0.455. The second-order valence-electron chi connectivity index (χ2n) is 3.84. The Bertz CT molecular complexity index is 405. The van der Waals surface area contributed by atoms with Crippen LogP contribution < -0.4 is 0 Å². The number of aliphatic carboxylic acids is 1. The first-order chi connectivity index (χ1) is 7.70. The predicted molar refractivity (Wildman–Crippen MR) is 58.0 cm³/mol. The van der Waals surface area contributed by atoms with E-state index in [0.717, 1.165) is 0 Å². The molecule has 0 spiro atoms. The van der Waals surface area contributed by atoms with Crippen molar-refractivity contribution in [3.05, 3.63) is 24.5 Å². The van der Waals surface area contributed by atoms with Crippen LogP contribution in [0.2, 0.25) is 0 Å². The van der Waals surface area contributed by atoms with E-state index in [1.165, 1.54) is 10.9 Å². The predicted octanol–water partition coefficient (Wildman–Crippen LogP) is 1.12. The van der Waals surface area contributed by atoms with E-state index in [4.69, 9.17) is 4.74 Å². The molecule has 5 heteroatoms. The zero-order chi connectivity index (χ0) is 11.6. The van der Waals surface area contributed by atoms with Crippen LogP contribution >= 0.6 is 0 Å². The molecule has 0 aromatic carbocycles. The molecule has 0 amide bonds. The Kier molecular flexibility index (Phi) is 2.78. The molecule has 16 heavy (non-hydrogen) atoms. The first-order valence-electron chi connectivity index (χ1n) is 5.18. The minimum atomic E-state index is -0.886. The number of hydrogen-bond donors (Lipinski definition) is 1. The van der Waals surface area contributed by atoms with Gasteiger partial charge in [0.15, 0.2) is 0 Å². The summed E-state index contributed by atoms with van der Waals surface area (Å²) in [5.41, 5.74) is -0.207. The lowest BCUT2D eigenvalue weighted by molar-refractivity contribution is -0.148. The number of hydrogen-bond acceptors (Lipinski definition) is 3. The van der Waals surface area contributed by atoms with Crippen LogP contribution in [-0.2, 0) is 14.9 Å². The second kappa shape index (κ2) is 4.09. The van der Waals surface area contributed by atoms with E-state index < -0.39 is 11.4 Å². The second-order valence-corrected chi connectivity index (χ2v) is 3.84. The van der Waals surface area contributed by atoms with E-state index in [2.05, 4.69) is 11.7 Å². The van der Waals surface area contributed by atoms with Crippen molar-refractivity contribution in [1.82, 2.24) is 9.78 Å². The normalized spacial score (nSPS) is 19.2. The van der Waals surface area contributed by atoms with Crippen molar-refractivity contribution in [3.8, 4) is 0 Å². The van der Waals surface area contributed by atoms with Crippen LogP contribution in [0, 0.1) is 0 Å². The number of carboxylic acids is 1. The summed E-state index contributed by atoms with van der Waals surface area (Å²) < 4.78 is 6.75. The largest absolute Gasteiger partial charge is 0.481 e. The topological polar surface area (TPSA) is 64.4 Å². The van der Waals surface area contributed by atoms with Gasteiger partial charge in [0.05, 0.1) is 5.69 Å². The number of ether oxygens (including phenoxy) is 1. The molecule has 1 saturated heterocycles. The van der Waals surface area contributed by atoms with Crippen molar-refractivity contribution in [2.45, 2.75) is 18.3 Å². The summed E-state index contributed by atoms with van der Waals surface area (Å²) in [6.45, 7) is 4.56. The van der Waals surface area contributed by atoms with Crippen molar-refractivity contribution >= 4 is 12.2 Å². The smallest absolute Gasteiger partial charge is 0.315 e. The fourth-order valence-electron chi connectivity index (χ4n) is 2.14. The van der Waals surface area contributed by atoms with Crippen molar-refractivity contribution in [2.75, 3.05) is 13.2 Å². The minimum absolute atomic E-state index is 0.467. The van der Waals surface area contributed by atoms with Crippen molar-refractivity contribution in [1.29, 1.82) is 0 Å². The lowest BCUT2D eigenvalue weighted by atomic mass is 9.77. The molecule has 1 N–H and O–H groups in total. The highest BCUT2D eigenvalue weighted by Crippen LogP contribution is 2.35. The summed E-state index contributed by atoms with van der Waals surface area (Å²) in [5.74, 6) is -0.820. The molecular formula is C11H14N2O3. The van der Waals surface area contributed by atoms with E-state index in [0.29, 0.717) is 31.7 Å². The van der Waals surface area contributed by atoms with Crippen LogP contribution in [-0.4, -0.2) is 34.1 Å². The van der Waals surface area contributed by atoms with Gasteiger partial charge >= 0.3 is 5.97 Å². The van der Waals surface area contributed by atoms with Crippen molar-refractivity contribution in [2.24, 2.45) is 0 Å². The molecule has 1 fully saturated rings. The molecule has 1 aromatic rings. The molecule has 0 bridgehead atoms. The molecule has 86 valence electrons. The average Bonchev–Trinajstić information content (AvgIpc) is 2.78. The highest BCUT2D eigenvalue weighted by Gasteiger charge is 2.44. The Morgan fingerprint density at radius 1 is 1.62 bits per heavy atom. The Balaban J connectivity index is 2.46. The molecule has 1 aromatic heterocycles. The Morgan fingerprint density at radius 3 is 2.88 bits per heavy atom. The van der Waals surface area contributed by atoms with Gasteiger partial charge in [0.1, 0.15) is 5.41 Å². The van der Waals surface area contributed by atoms with Crippen LogP contribution in [0.15, 0.2) is 18.8 Å². The first kappa shape index (κ1) is 10.9. The fourth-order valence-corrected chi connectivity index (χ4v) is 2.14. The highest BCUT2D eigenvalue weighted by molar-refractivity contribution is 5.81. The summed E-state index contributed by atoms with van der Waals surface area (Å²) in [4.78, 5) is 11.5. The molecule has 0 aliphatic carbocycles. The molecule has 5 nitrogen and oxygen atoms in total.